The number of nitrogens with zero attached hydrogens (tertiary/aromatic N) is 2. The summed E-state index contributed by atoms with van der Waals surface area (Å²) >= 11 is 1.68. The number of para-hydroxylation sites is 1. The molecule has 0 spiro atoms. The molecule has 1 aromatic heterocycles. The van der Waals surface area contributed by atoms with E-state index in [4.69, 9.17) is 9.47 Å². The van der Waals surface area contributed by atoms with Gasteiger partial charge in [0.25, 0.3) is 0 Å². The first kappa shape index (κ1) is 22.5. The topological polar surface area (TPSA) is 67.8 Å². The van der Waals surface area contributed by atoms with E-state index in [-0.39, 0.29) is 24.0 Å². The number of aliphatic imine (C=N–C) groups is 1. The van der Waals surface area contributed by atoms with Gasteiger partial charge in [0, 0.05) is 30.5 Å². The number of aromatic nitrogens is 1. The molecule has 1 heterocycles. The quantitative estimate of drug-likeness (QED) is 0.338. The number of methoxy groups -OCH3 is 2. The van der Waals surface area contributed by atoms with E-state index < -0.39 is 0 Å². The fourth-order valence-electron chi connectivity index (χ4n) is 2.42. The Bertz CT molecular complexity index is 706. The molecule has 0 bridgehead atoms. The van der Waals surface area contributed by atoms with Gasteiger partial charge in [-0.1, -0.05) is 12.1 Å². The van der Waals surface area contributed by atoms with Crippen LogP contribution in [0.3, 0.4) is 0 Å². The van der Waals surface area contributed by atoms with Gasteiger partial charge in [-0.15, -0.1) is 35.3 Å². The first-order valence-electron chi connectivity index (χ1n) is 8.31. The van der Waals surface area contributed by atoms with E-state index in [2.05, 4.69) is 26.0 Å². The van der Waals surface area contributed by atoms with E-state index >= 15 is 0 Å². The van der Waals surface area contributed by atoms with Crippen LogP contribution in [0, 0.1) is 6.92 Å². The molecular weight excluding hydrogens is 463 g/mol. The van der Waals surface area contributed by atoms with E-state index in [0.29, 0.717) is 12.3 Å². The zero-order valence-corrected chi connectivity index (χ0v) is 18.8. The summed E-state index contributed by atoms with van der Waals surface area (Å²) < 4.78 is 10.8. The zero-order valence-electron chi connectivity index (χ0n) is 15.7. The smallest absolute Gasteiger partial charge is 0.191 e. The van der Waals surface area contributed by atoms with Crippen molar-refractivity contribution in [2.24, 2.45) is 4.99 Å². The molecule has 26 heavy (non-hydrogen) atoms. The predicted molar refractivity (Wildman–Crippen MR) is 118 cm³/mol. The fraction of sp³-hybridized carbons (Fsp3) is 0.444. The molecule has 0 aliphatic carbocycles. The van der Waals surface area contributed by atoms with Gasteiger partial charge in [0.1, 0.15) is 0 Å². The maximum atomic E-state index is 5.46. The maximum Gasteiger partial charge on any atom is 0.191 e. The highest BCUT2D eigenvalue weighted by Crippen LogP contribution is 2.30. The molecule has 2 aromatic rings. The van der Waals surface area contributed by atoms with Crippen molar-refractivity contribution in [3.63, 3.8) is 0 Å². The Morgan fingerprint density at radius 3 is 2.65 bits per heavy atom. The lowest BCUT2D eigenvalue weighted by Gasteiger charge is -2.13. The molecular formula is C18H27IN4O2S. The first-order valence-corrected chi connectivity index (χ1v) is 9.19. The van der Waals surface area contributed by atoms with Gasteiger partial charge < -0.3 is 20.1 Å². The van der Waals surface area contributed by atoms with Crippen LogP contribution in [-0.2, 0) is 13.0 Å². The molecule has 2 N–H and O–H groups in total. The fourth-order valence-corrected chi connectivity index (χ4v) is 3.06. The van der Waals surface area contributed by atoms with Crippen LogP contribution in [0.25, 0.3) is 0 Å². The van der Waals surface area contributed by atoms with Gasteiger partial charge in [-0.25, -0.2) is 9.98 Å². The number of thiazole rings is 1. The number of benzene rings is 1. The second-order valence-electron chi connectivity index (χ2n) is 5.38. The third kappa shape index (κ3) is 6.64. The first-order chi connectivity index (χ1) is 12.2. The van der Waals surface area contributed by atoms with Crippen LogP contribution in [-0.4, -0.2) is 38.3 Å². The maximum absolute atomic E-state index is 5.46. The number of ether oxygens (including phenoxy) is 2. The van der Waals surface area contributed by atoms with Crippen molar-refractivity contribution < 1.29 is 9.47 Å². The molecule has 8 heteroatoms. The molecule has 0 amide bonds. The van der Waals surface area contributed by atoms with Crippen LogP contribution in [0.15, 0.2) is 28.6 Å². The summed E-state index contributed by atoms with van der Waals surface area (Å²) in [5, 5.41) is 9.80. The van der Waals surface area contributed by atoms with Crippen molar-refractivity contribution >= 4 is 41.3 Å². The lowest BCUT2D eigenvalue weighted by molar-refractivity contribution is 0.352. The van der Waals surface area contributed by atoms with Crippen molar-refractivity contribution in [1.82, 2.24) is 15.6 Å². The van der Waals surface area contributed by atoms with E-state index in [0.717, 1.165) is 47.5 Å². The molecule has 1 aromatic carbocycles. The highest BCUT2D eigenvalue weighted by Gasteiger charge is 2.09. The van der Waals surface area contributed by atoms with E-state index in [1.165, 1.54) is 0 Å². The molecule has 0 unspecified atom stereocenters. The molecule has 144 valence electrons. The summed E-state index contributed by atoms with van der Waals surface area (Å²) in [5.41, 5.74) is 2.09. The van der Waals surface area contributed by atoms with E-state index in [1.54, 1.807) is 25.6 Å². The van der Waals surface area contributed by atoms with Crippen LogP contribution in [0.2, 0.25) is 0 Å². The molecule has 0 fully saturated rings. The lowest BCUT2D eigenvalue weighted by atomic mass is 10.2. The molecule has 0 saturated carbocycles. The Labute approximate surface area is 176 Å². The van der Waals surface area contributed by atoms with Crippen molar-refractivity contribution in [3.8, 4) is 11.5 Å². The van der Waals surface area contributed by atoms with Crippen molar-refractivity contribution in [1.29, 1.82) is 0 Å². The summed E-state index contributed by atoms with van der Waals surface area (Å²) in [4.78, 5) is 9.12. The van der Waals surface area contributed by atoms with E-state index in [1.807, 2.05) is 32.0 Å². The van der Waals surface area contributed by atoms with Crippen molar-refractivity contribution in [3.05, 3.63) is 39.8 Å². The molecule has 0 aliphatic rings. The summed E-state index contributed by atoms with van der Waals surface area (Å²) in [6.07, 6.45) is 0.872. The second kappa shape index (κ2) is 11.9. The molecule has 2 rings (SSSR count). The molecule has 0 atom stereocenters. The highest BCUT2D eigenvalue weighted by molar-refractivity contribution is 14.0. The number of aryl methyl sites for hydroxylation is 1. The minimum Gasteiger partial charge on any atom is -0.493 e. The van der Waals surface area contributed by atoms with Crippen LogP contribution >= 0.6 is 35.3 Å². The Morgan fingerprint density at radius 2 is 2.04 bits per heavy atom. The Morgan fingerprint density at radius 1 is 1.23 bits per heavy atom. The largest absolute Gasteiger partial charge is 0.493 e. The van der Waals surface area contributed by atoms with Gasteiger partial charge in [-0.2, -0.15) is 0 Å². The number of rotatable bonds is 8. The predicted octanol–water partition coefficient (Wildman–Crippen LogP) is 3.38. The standard InChI is InChI=1S/C18H26N4O2S.HI/c1-5-19-18(20-10-9-15-12-25-13(2)22-15)21-11-14-7-6-8-16(23-3)17(14)24-4;/h6-8,12H,5,9-11H2,1-4H3,(H2,19,20,21);1H. The average molecular weight is 490 g/mol. The van der Waals surface area contributed by atoms with Gasteiger partial charge in [0.15, 0.2) is 17.5 Å². The van der Waals surface area contributed by atoms with Crippen LogP contribution < -0.4 is 20.1 Å². The minimum atomic E-state index is 0. The molecule has 0 aliphatic heterocycles. The summed E-state index contributed by atoms with van der Waals surface area (Å²) in [6.45, 7) is 6.16. The van der Waals surface area contributed by atoms with Crippen LogP contribution in [0.1, 0.15) is 23.2 Å². The minimum absolute atomic E-state index is 0. The Hall–Kier alpha value is -1.55. The van der Waals surface area contributed by atoms with E-state index in [9.17, 15) is 0 Å². The van der Waals surface area contributed by atoms with Gasteiger partial charge in [0.2, 0.25) is 0 Å². The molecule has 0 saturated heterocycles. The van der Waals surface area contributed by atoms with Crippen LogP contribution in [0.5, 0.6) is 11.5 Å². The summed E-state index contributed by atoms with van der Waals surface area (Å²) in [6, 6.07) is 5.81. The summed E-state index contributed by atoms with van der Waals surface area (Å²) in [5.74, 6) is 2.22. The number of halogens is 1. The molecule has 0 radical (unpaired) electrons. The number of hydrogen-bond acceptors (Lipinski definition) is 5. The third-order valence-corrected chi connectivity index (χ3v) is 4.40. The average Bonchev–Trinajstić information content (AvgIpc) is 3.04. The number of hydrogen-bond donors (Lipinski definition) is 2. The lowest BCUT2D eigenvalue weighted by Crippen LogP contribution is -2.38. The van der Waals surface area contributed by atoms with Gasteiger partial charge >= 0.3 is 0 Å². The Balaban J connectivity index is 0.00000338. The van der Waals surface area contributed by atoms with Crippen molar-refractivity contribution in [2.45, 2.75) is 26.8 Å². The number of nitrogens with one attached hydrogen (secondary N) is 2. The highest BCUT2D eigenvalue weighted by atomic mass is 127. The molecule has 6 nitrogen and oxygen atoms in total. The van der Waals surface area contributed by atoms with Crippen molar-refractivity contribution in [2.75, 3.05) is 27.3 Å². The number of guanidine groups is 1. The normalized spacial score (nSPS) is 10.8. The Kier molecular flexibility index (Phi) is 10.3. The van der Waals surface area contributed by atoms with Gasteiger partial charge in [-0.05, 0) is 19.9 Å². The third-order valence-electron chi connectivity index (χ3n) is 3.58. The monoisotopic (exact) mass is 490 g/mol. The second-order valence-corrected chi connectivity index (χ2v) is 6.44. The SMILES string of the molecule is CCNC(=NCc1cccc(OC)c1OC)NCCc1csc(C)n1.I. The van der Waals surface area contributed by atoms with Crippen LogP contribution in [0.4, 0.5) is 0 Å². The zero-order chi connectivity index (χ0) is 18.1. The summed E-state index contributed by atoms with van der Waals surface area (Å²) in [7, 11) is 3.28. The van der Waals surface area contributed by atoms with Gasteiger partial charge in [0.05, 0.1) is 31.5 Å². The van der Waals surface area contributed by atoms with Gasteiger partial charge in [-0.3, -0.25) is 0 Å².